The van der Waals surface area contributed by atoms with Crippen LogP contribution in [0.2, 0.25) is 0 Å². The van der Waals surface area contributed by atoms with Gasteiger partial charge in [-0.2, -0.15) is 0 Å². The molecule has 4 atom stereocenters. The molecule has 2 rings (SSSR count). The molecule has 1 aromatic heterocycles. The van der Waals surface area contributed by atoms with E-state index in [1.807, 2.05) is 27.6 Å². The second-order valence-electron chi connectivity index (χ2n) is 3.67. The van der Waals surface area contributed by atoms with E-state index in [4.69, 9.17) is 4.74 Å². The lowest BCUT2D eigenvalue weighted by molar-refractivity contribution is -0.0153. The van der Waals surface area contributed by atoms with Gasteiger partial charge in [-0.1, -0.05) is 22.6 Å². The van der Waals surface area contributed by atoms with Crippen molar-refractivity contribution in [3.8, 4) is 0 Å². The summed E-state index contributed by atoms with van der Waals surface area (Å²) in [6.07, 6.45) is -3.67. The Morgan fingerprint density at radius 3 is 2.82 bits per heavy atom. The molecule has 1 aliphatic rings. The standard InChI is InChI=1S/C9H10FIN2O4/c10-6-7(15)4(3-11)17-8(6)13-2-1-5(14)12-9(13)16/h1-2,4,6-8,15H,3H2,(H,12,14,16)/t4-,6+,7?,8-/m1/s1. The van der Waals surface area contributed by atoms with Crippen molar-refractivity contribution in [2.75, 3.05) is 4.43 Å². The second-order valence-corrected chi connectivity index (χ2v) is 4.55. The number of halogens is 2. The summed E-state index contributed by atoms with van der Waals surface area (Å²) >= 11 is 1.96. The molecular formula is C9H10FIN2O4. The third-order valence-corrected chi connectivity index (χ3v) is 3.44. The van der Waals surface area contributed by atoms with Crippen molar-refractivity contribution in [1.29, 1.82) is 0 Å². The van der Waals surface area contributed by atoms with Crippen LogP contribution in [0.4, 0.5) is 4.39 Å². The maximum atomic E-state index is 13.8. The molecule has 0 amide bonds. The van der Waals surface area contributed by atoms with Crippen molar-refractivity contribution in [2.45, 2.75) is 24.6 Å². The van der Waals surface area contributed by atoms with Gasteiger partial charge in [-0.05, 0) is 0 Å². The van der Waals surface area contributed by atoms with Crippen molar-refractivity contribution in [3.63, 3.8) is 0 Å². The van der Waals surface area contributed by atoms with E-state index in [0.717, 1.165) is 16.8 Å². The van der Waals surface area contributed by atoms with E-state index in [1.54, 1.807) is 0 Å². The number of nitrogens with zero attached hydrogens (tertiary/aromatic N) is 1. The average Bonchev–Trinajstić information content (AvgIpc) is 2.57. The first kappa shape index (κ1) is 12.7. The average molecular weight is 356 g/mol. The Morgan fingerprint density at radius 2 is 2.29 bits per heavy atom. The molecule has 1 fully saturated rings. The minimum Gasteiger partial charge on any atom is -0.387 e. The number of rotatable bonds is 2. The minimum absolute atomic E-state index is 0.411. The highest BCUT2D eigenvalue weighted by atomic mass is 127. The molecule has 0 saturated carbocycles. The fourth-order valence-corrected chi connectivity index (χ4v) is 2.41. The Morgan fingerprint density at radius 1 is 1.59 bits per heavy atom. The minimum atomic E-state index is -1.70. The van der Waals surface area contributed by atoms with E-state index in [1.165, 1.54) is 0 Å². The van der Waals surface area contributed by atoms with Gasteiger partial charge in [0.2, 0.25) is 0 Å². The molecule has 1 saturated heterocycles. The van der Waals surface area contributed by atoms with Crippen molar-refractivity contribution >= 4 is 22.6 Å². The van der Waals surface area contributed by atoms with E-state index >= 15 is 0 Å². The summed E-state index contributed by atoms with van der Waals surface area (Å²) in [6, 6.07) is 1.10. The smallest absolute Gasteiger partial charge is 0.330 e. The van der Waals surface area contributed by atoms with Gasteiger partial charge in [-0.3, -0.25) is 14.3 Å². The summed E-state index contributed by atoms with van der Waals surface area (Å²) in [4.78, 5) is 24.3. The quantitative estimate of drug-likeness (QED) is 0.556. The molecular weight excluding hydrogens is 346 g/mol. The lowest BCUT2D eigenvalue weighted by Gasteiger charge is -2.15. The number of H-pyrrole nitrogens is 1. The molecule has 0 aromatic carbocycles. The number of aliphatic hydroxyl groups excluding tert-OH is 1. The van der Waals surface area contributed by atoms with Crippen LogP contribution in [-0.4, -0.2) is 37.5 Å². The molecule has 94 valence electrons. The maximum Gasteiger partial charge on any atom is 0.330 e. The number of ether oxygens (including phenoxy) is 1. The van der Waals surface area contributed by atoms with Gasteiger partial charge in [-0.25, -0.2) is 9.18 Å². The molecule has 1 aromatic rings. The van der Waals surface area contributed by atoms with E-state index in [-0.39, 0.29) is 0 Å². The van der Waals surface area contributed by atoms with Gasteiger partial charge in [0, 0.05) is 16.7 Å². The predicted molar refractivity (Wildman–Crippen MR) is 65.0 cm³/mol. The summed E-state index contributed by atoms with van der Waals surface area (Å²) in [6.45, 7) is 0. The first-order chi connectivity index (χ1) is 8.04. The van der Waals surface area contributed by atoms with Crippen molar-refractivity contribution < 1.29 is 14.2 Å². The van der Waals surface area contributed by atoms with E-state index in [9.17, 15) is 19.1 Å². The number of aromatic nitrogens is 2. The van der Waals surface area contributed by atoms with Crippen molar-refractivity contribution in [3.05, 3.63) is 33.1 Å². The number of aliphatic hydroxyl groups is 1. The largest absolute Gasteiger partial charge is 0.387 e. The zero-order valence-electron chi connectivity index (χ0n) is 8.55. The Labute approximate surface area is 109 Å². The van der Waals surface area contributed by atoms with E-state index < -0.39 is 35.9 Å². The summed E-state index contributed by atoms with van der Waals surface area (Å²) < 4.78 is 20.3. The zero-order chi connectivity index (χ0) is 12.6. The van der Waals surface area contributed by atoms with Crippen LogP contribution < -0.4 is 11.2 Å². The molecule has 1 aliphatic heterocycles. The van der Waals surface area contributed by atoms with Crippen molar-refractivity contribution in [2.24, 2.45) is 0 Å². The van der Waals surface area contributed by atoms with Crippen LogP contribution in [0.5, 0.6) is 0 Å². The van der Waals surface area contributed by atoms with Gasteiger partial charge in [0.15, 0.2) is 12.4 Å². The monoisotopic (exact) mass is 356 g/mol. The van der Waals surface area contributed by atoms with Gasteiger partial charge in [0.25, 0.3) is 5.56 Å². The Hall–Kier alpha value is -0.740. The summed E-state index contributed by atoms with van der Waals surface area (Å²) in [7, 11) is 0. The molecule has 2 N–H and O–H groups in total. The van der Waals surface area contributed by atoms with Crippen LogP contribution in [-0.2, 0) is 4.74 Å². The molecule has 0 bridgehead atoms. The van der Waals surface area contributed by atoms with Gasteiger partial charge in [-0.15, -0.1) is 0 Å². The van der Waals surface area contributed by atoms with E-state index in [0.29, 0.717) is 4.43 Å². The highest BCUT2D eigenvalue weighted by Gasteiger charge is 2.44. The van der Waals surface area contributed by atoms with Crippen LogP contribution in [0.1, 0.15) is 6.23 Å². The molecule has 6 nitrogen and oxygen atoms in total. The number of hydrogen-bond acceptors (Lipinski definition) is 4. The van der Waals surface area contributed by atoms with Crippen LogP contribution >= 0.6 is 22.6 Å². The fraction of sp³-hybridized carbons (Fsp3) is 0.556. The molecule has 0 aliphatic carbocycles. The first-order valence-corrected chi connectivity index (χ1v) is 6.42. The molecule has 1 unspecified atom stereocenters. The predicted octanol–water partition coefficient (Wildman–Crippen LogP) is -0.432. The third kappa shape index (κ3) is 2.29. The second kappa shape index (κ2) is 4.86. The number of hydrogen-bond donors (Lipinski definition) is 2. The highest BCUT2D eigenvalue weighted by molar-refractivity contribution is 14.1. The number of alkyl halides is 2. The third-order valence-electron chi connectivity index (χ3n) is 2.57. The van der Waals surface area contributed by atoms with Crippen LogP contribution in [0.3, 0.4) is 0 Å². The fourth-order valence-electron chi connectivity index (χ4n) is 1.68. The molecule has 0 spiro atoms. The van der Waals surface area contributed by atoms with Crippen LogP contribution in [0.25, 0.3) is 0 Å². The Balaban J connectivity index is 2.35. The zero-order valence-corrected chi connectivity index (χ0v) is 10.7. The van der Waals surface area contributed by atoms with Gasteiger partial charge in [0.1, 0.15) is 6.10 Å². The number of aromatic amines is 1. The van der Waals surface area contributed by atoms with Gasteiger partial charge >= 0.3 is 5.69 Å². The Bertz CT molecular complexity index is 516. The lowest BCUT2D eigenvalue weighted by Crippen LogP contribution is -2.35. The molecule has 8 heteroatoms. The van der Waals surface area contributed by atoms with Crippen molar-refractivity contribution in [1.82, 2.24) is 9.55 Å². The SMILES string of the molecule is O=c1ccn([C@@H]2O[C@H](CI)C(O)[C@@H]2F)c(=O)[nH]1. The first-order valence-electron chi connectivity index (χ1n) is 4.89. The van der Waals surface area contributed by atoms with E-state index in [2.05, 4.69) is 0 Å². The molecule has 17 heavy (non-hydrogen) atoms. The highest BCUT2D eigenvalue weighted by Crippen LogP contribution is 2.31. The summed E-state index contributed by atoms with van der Waals surface area (Å²) in [5.74, 6) is 0. The van der Waals surface area contributed by atoms with Crippen LogP contribution in [0, 0.1) is 0 Å². The Kier molecular flexibility index (Phi) is 3.64. The molecule has 0 radical (unpaired) electrons. The normalized spacial score (nSPS) is 32.9. The lowest BCUT2D eigenvalue weighted by atomic mass is 10.2. The summed E-state index contributed by atoms with van der Waals surface area (Å²) in [5, 5.41) is 9.54. The summed E-state index contributed by atoms with van der Waals surface area (Å²) in [5.41, 5.74) is -1.32. The number of nitrogens with one attached hydrogen (secondary N) is 1. The van der Waals surface area contributed by atoms with Gasteiger partial charge < -0.3 is 9.84 Å². The van der Waals surface area contributed by atoms with Gasteiger partial charge in [0.05, 0.1) is 6.10 Å². The molecule has 2 heterocycles. The topological polar surface area (TPSA) is 84.3 Å². The maximum absolute atomic E-state index is 13.8. The van der Waals surface area contributed by atoms with Crippen LogP contribution in [0.15, 0.2) is 21.9 Å².